The molecule has 2 aromatic heterocycles. The minimum absolute atomic E-state index is 0.0450. The summed E-state index contributed by atoms with van der Waals surface area (Å²) in [4.78, 5) is 13.5. The summed E-state index contributed by atoms with van der Waals surface area (Å²) in [6.45, 7) is 1.63. The van der Waals surface area contributed by atoms with Gasteiger partial charge in [0.1, 0.15) is 5.69 Å². The molecule has 0 aliphatic rings. The maximum atomic E-state index is 14.5. The molecule has 5 nitrogen and oxygen atoms in total. The van der Waals surface area contributed by atoms with Crippen molar-refractivity contribution in [1.82, 2.24) is 14.8 Å². The van der Waals surface area contributed by atoms with Gasteiger partial charge in [0.15, 0.2) is 0 Å². The van der Waals surface area contributed by atoms with Crippen molar-refractivity contribution in [2.24, 2.45) is 0 Å². The van der Waals surface area contributed by atoms with E-state index in [1.165, 1.54) is 0 Å². The van der Waals surface area contributed by atoms with Crippen LogP contribution in [0.25, 0.3) is 22.4 Å². The fourth-order valence-corrected chi connectivity index (χ4v) is 4.17. The Hall–Kier alpha value is -3.91. The Morgan fingerprint density at radius 1 is 1.00 bits per heavy atom. The second-order valence-electron chi connectivity index (χ2n) is 8.06. The van der Waals surface area contributed by atoms with E-state index in [9.17, 15) is 18.0 Å². The van der Waals surface area contributed by atoms with Crippen molar-refractivity contribution in [2.75, 3.05) is 0 Å². The fourth-order valence-electron chi connectivity index (χ4n) is 4.05. The number of alkyl halides is 3. The van der Waals surface area contributed by atoms with Crippen molar-refractivity contribution in [1.29, 1.82) is 0 Å². The zero-order valence-electron chi connectivity index (χ0n) is 18.3. The van der Waals surface area contributed by atoms with Gasteiger partial charge in [0.2, 0.25) is 5.89 Å². The molecule has 0 saturated carbocycles. The molecule has 0 spiro atoms. The Kier molecular flexibility index (Phi) is 5.68. The molecule has 176 valence electrons. The van der Waals surface area contributed by atoms with E-state index in [1.54, 1.807) is 79.7 Å². The average Bonchev–Trinajstić information content (AvgIpc) is 3.44. The highest BCUT2D eigenvalue weighted by Gasteiger charge is 2.42. The van der Waals surface area contributed by atoms with Crippen molar-refractivity contribution < 1.29 is 22.4 Å². The van der Waals surface area contributed by atoms with Gasteiger partial charge in [-0.3, -0.25) is 4.79 Å². The molecule has 0 fully saturated rings. The van der Waals surface area contributed by atoms with Gasteiger partial charge < -0.3 is 8.98 Å². The molecule has 0 atom stereocenters. The normalized spacial score (nSPS) is 11.8. The number of rotatable bonds is 5. The van der Waals surface area contributed by atoms with Crippen molar-refractivity contribution in [3.05, 3.63) is 106 Å². The van der Waals surface area contributed by atoms with Crippen LogP contribution in [0.4, 0.5) is 13.2 Å². The second-order valence-corrected chi connectivity index (χ2v) is 8.50. The number of carbonyl (C=O) groups excluding carboxylic acids is 1. The van der Waals surface area contributed by atoms with Crippen LogP contribution in [-0.4, -0.2) is 20.5 Å². The van der Waals surface area contributed by atoms with Crippen molar-refractivity contribution in [2.45, 2.75) is 19.6 Å². The summed E-state index contributed by atoms with van der Waals surface area (Å²) in [5.41, 5.74) is 0.533. The lowest BCUT2D eigenvalue weighted by Crippen LogP contribution is -2.19. The monoisotopic (exact) mass is 495 g/mol. The van der Waals surface area contributed by atoms with Gasteiger partial charge >= 0.3 is 6.18 Å². The molecule has 0 amide bonds. The summed E-state index contributed by atoms with van der Waals surface area (Å²) < 4.78 is 50.1. The van der Waals surface area contributed by atoms with Gasteiger partial charge in [-0.15, -0.1) is 10.2 Å². The van der Waals surface area contributed by atoms with E-state index in [4.69, 9.17) is 16.0 Å². The number of nitrogens with zero attached hydrogens (tertiary/aromatic N) is 3. The highest BCUT2D eigenvalue weighted by molar-refractivity contribution is 6.30. The third-order valence-electron chi connectivity index (χ3n) is 5.61. The highest BCUT2D eigenvalue weighted by atomic mass is 35.5. The van der Waals surface area contributed by atoms with Crippen LogP contribution in [0.3, 0.4) is 0 Å². The van der Waals surface area contributed by atoms with E-state index in [0.29, 0.717) is 21.7 Å². The zero-order chi connectivity index (χ0) is 24.7. The molecular formula is C26H17ClF3N3O2. The van der Waals surface area contributed by atoms with Crippen LogP contribution in [0, 0.1) is 6.92 Å². The number of hydrogen-bond donors (Lipinski definition) is 0. The molecule has 0 saturated heterocycles. The number of hydrogen-bond acceptors (Lipinski definition) is 4. The number of ketones is 1. The first kappa shape index (κ1) is 22.9. The van der Waals surface area contributed by atoms with Crippen LogP contribution in [-0.2, 0) is 12.7 Å². The minimum atomic E-state index is -4.83. The molecule has 5 aromatic rings. The Morgan fingerprint density at radius 3 is 2.40 bits per heavy atom. The van der Waals surface area contributed by atoms with Crippen molar-refractivity contribution in [3.8, 4) is 11.5 Å². The van der Waals surface area contributed by atoms with Gasteiger partial charge in [-0.2, -0.15) is 13.2 Å². The number of carbonyl (C=O) groups is 1. The Bertz CT molecular complexity index is 1540. The lowest BCUT2D eigenvalue weighted by atomic mass is 10.0. The van der Waals surface area contributed by atoms with Crippen LogP contribution in [0.15, 0.2) is 77.2 Å². The van der Waals surface area contributed by atoms with Crippen LogP contribution >= 0.6 is 11.6 Å². The van der Waals surface area contributed by atoms with Crippen LogP contribution in [0.5, 0.6) is 0 Å². The predicted molar refractivity (Wildman–Crippen MR) is 125 cm³/mol. The van der Waals surface area contributed by atoms with Gasteiger partial charge in [-0.25, -0.2) is 0 Å². The SMILES string of the molecule is Cc1ccc2c(c1)c(C(=O)c1nnc(-c3ccccc3)o1)c(C(F)(F)F)n2Cc1ccc(Cl)cc1. The van der Waals surface area contributed by atoms with E-state index in [2.05, 4.69) is 10.2 Å². The first-order valence-electron chi connectivity index (χ1n) is 10.6. The summed E-state index contributed by atoms with van der Waals surface area (Å²) in [6, 6.07) is 20.0. The topological polar surface area (TPSA) is 60.9 Å². The van der Waals surface area contributed by atoms with E-state index >= 15 is 0 Å². The summed E-state index contributed by atoms with van der Waals surface area (Å²) in [5.74, 6) is -1.46. The summed E-state index contributed by atoms with van der Waals surface area (Å²) in [7, 11) is 0. The minimum Gasteiger partial charge on any atom is -0.413 e. The predicted octanol–water partition coefficient (Wildman–Crippen LogP) is 6.95. The highest BCUT2D eigenvalue weighted by Crippen LogP contribution is 2.40. The first-order valence-corrected chi connectivity index (χ1v) is 11.0. The van der Waals surface area contributed by atoms with E-state index in [0.717, 1.165) is 4.57 Å². The third-order valence-corrected chi connectivity index (χ3v) is 5.86. The summed E-state index contributed by atoms with van der Waals surface area (Å²) in [6.07, 6.45) is -4.83. The van der Waals surface area contributed by atoms with Gasteiger partial charge in [-0.05, 0) is 48.9 Å². The smallest absolute Gasteiger partial charge is 0.413 e. The lowest BCUT2D eigenvalue weighted by Gasteiger charge is -2.14. The average molecular weight is 496 g/mol. The summed E-state index contributed by atoms with van der Waals surface area (Å²) in [5, 5.41) is 8.27. The standard InChI is InChI=1S/C26H17ClF3N3O2/c1-15-7-12-20-19(13-15)21(22(34)25-32-31-24(35-25)17-5-3-2-4-6-17)23(26(28,29)30)33(20)14-16-8-10-18(27)11-9-16/h2-13H,14H2,1H3. The zero-order valence-corrected chi connectivity index (χ0v) is 19.1. The lowest BCUT2D eigenvalue weighted by molar-refractivity contribution is -0.143. The molecule has 2 heterocycles. The van der Waals surface area contributed by atoms with Crippen LogP contribution < -0.4 is 0 Å². The Morgan fingerprint density at radius 2 is 1.71 bits per heavy atom. The molecule has 0 aliphatic carbocycles. The largest absolute Gasteiger partial charge is 0.432 e. The number of fused-ring (bicyclic) bond motifs is 1. The number of halogens is 4. The van der Waals surface area contributed by atoms with Gasteiger partial charge in [-0.1, -0.05) is 53.6 Å². The fraction of sp³-hybridized carbons (Fsp3) is 0.115. The quantitative estimate of drug-likeness (QED) is 0.247. The number of benzene rings is 3. The maximum Gasteiger partial charge on any atom is 0.432 e. The van der Waals surface area contributed by atoms with E-state index < -0.39 is 29.1 Å². The van der Waals surface area contributed by atoms with Gasteiger partial charge in [0, 0.05) is 28.0 Å². The van der Waals surface area contributed by atoms with Gasteiger partial charge in [0.05, 0.1) is 5.56 Å². The van der Waals surface area contributed by atoms with E-state index in [-0.39, 0.29) is 23.3 Å². The molecule has 9 heteroatoms. The number of aryl methyl sites for hydroxylation is 1. The van der Waals surface area contributed by atoms with E-state index in [1.807, 2.05) is 0 Å². The maximum absolute atomic E-state index is 14.5. The van der Waals surface area contributed by atoms with Crippen molar-refractivity contribution in [3.63, 3.8) is 0 Å². The molecule has 0 N–H and O–H groups in total. The Balaban J connectivity index is 1.70. The molecule has 0 unspecified atom stereocenters. The van der Waals surface area contributed by atoms with Gasteiger partial charge in [0.25, 0.3) is 11.7 Å². The molecular weight excluding hydrogens is 479 g/mol. The van der Waals surface area contributed by atoms with Crippen LogP contribution in [0.1, 0.15) is 33.1 Å². The summed E-state index contributed by atoms with van der Waals surface area (Å²) >= 11 is 5.94. The number of aromatic nitrogens is 3. The third kappa shape index (κ3) is 4.33. The molecule has 0 aliphatic heterocycles. The molecule has 3 aromatic carbocycles. The first-order chi connectivity index (χ1) is 16.7. The molecule has 5 rings (SSSR count). The molecule has 0 bridgehead atoms. The molecule has 35 heavy (non-hydrogen) atoms. The van der Waals surface area contributed by atoms with Crippen LogP contribution in [0.2, 0.25) is 5.02 Å². The van der Waals surface area contributed by atoms with Crippen molar-refractivity contribution >= 4 is 28.3 Å². The Labute approximate surface area is 202 Å². The molecule has 0 radical (unpaired) electrons. The second kappa shape index (κ2) is 8.70.